The summed E-state index contributed by atoms with van der Waals surface area (Å²) in [6.07, 6.45) is 6.83. The lowest BCUT2D eigenvalue weighted by Gasteiger charge is -2.37. The smallest absolute Gasteiger partial charge is 0.308 e. The molecule has 8 atom stereocenters. The Morgan fingerprint density at radius 3 is 2.35 bits per heavy atom. The lowest BCUT2D eigenvalue weighted by atomic mass is 9.67. The molecule has 3 aliphatic rings. The van der Waals surface area contributed by atoms with E-state index in [1.807, 2.05) is 0 Å². The van der Waals surface area contributed by atoms with Crippen LogP contribution >= 0.6 is 0 Å². The standard InChI is InChI=1S/C18H30O2/c1-5-11-7-12(6-2)17-15-9-13(16(11)17)8-14(15)10(3)18(19)20-4/h10-17H,5-9H2,1-4H3. The van der Waals surface area contributed by atoms with Gasteiger partial charge in [-0.25, -0.2) is 0 Å². The van der Waals surface area contributed by atoms with Gasteiger partial charge in [-0.1, -0.05) is 33.6 Å². The summed E-state index contributed by atoms with van der Waals surface area (Å²) in [4.78, 5) is 11.9. The highest BCUT2D eigenvalue weighted by Gasteiger charge is 2.60. The van der Waals surface area contributed by atoms with Gasteiger partial charge in [0.2, 0.25) is 0 Å². The van der Waals surface area contributed by atoms with Gasteiger partial charge in [0.1, 0.15) is 0 Å². The molecule has 2 bridgehead atoms. The fraction of sp³-hybridized carbons (Fsp3) is 0.944. The lowest BCUT2D eigenvalue weighted by Crippen LogP contribution is -2.35. The van der Waals surface area contributed by atoms with E-state index in [4.69, 9.17) is 4.74 Å². The Morgan fingerprint density at radius 2 is 1.75 bits per heavy atom. The maximum Gasteiger partial charge on any atom is 0.308 e. The second kappa shape index (κ2) is 5.35. The minimum atomic E-state index is 0.0113. The predicted molar refractivity (Wildman–Crippen MR) is 80.0 cm³/mol. The summed E-state index contributed by atoms with van der Waals surface area (Å²) in [5.74, 6) is 6.22. The summed E-state index contributed by atoms with van der Waals surface area (Å²) < 4.78 is 5.00. The van der Waals surface area contributed by atoms with E-state index in [-0.39, 0.29) is 11.9 Å². The fourth-order valence-electron chi connectivity index (χ4n) is 6.38. The first-order valence-electron chi connectivity index (χ1n) is 8.70. The van der Waals surface area contributed by atoms with Crippen molar-refractivity contribution >= 4 is 5.97 Å². The lowest BCUT2D eigenvalue weighted by molar-refractivity contribution is -0.148. The normalized spacial score (nSPS) is 47.3. The van der Waals surface area contributed by atoms with Crippen molar-refractivity contribution in [2.45, 2.75) is 52.9 Å². The number of ether oxygens (including phenoxy) is 1. The van der Waals surface area contributed by atoms with Gasteiger partial charge in [-0.15, -0.1) is 0 Å². The molecule has 0 heterocycles. The number of hydrogen-bond donors (Lipinski definition) is 0. The number of hydrogen-bond acceptors (Lipinski definition) is 2. The molecule has 3 saturated carbocycles. The molecule has 0 spiro atoms. The van der Waals surface area contributed by atoms with E-state index in [1.54, 1.807) is 0 Å². The Hall–Kier alpha value is -0.530. The first kappa shape index (κ1) is 14.4. The number of carbonyl (C=O) groups excluding carboxylic acids is 1. The van der Waals surface area contributed by atoms with Crippen LogP contribution in [0.25, 0.3) is 0 Å². The number of carbonyl (C=O) groups is 1. The molecule has 0 N–H and O–H groups in total. The highest BCUT2D eigenvalue weighted by molar-refractivity contribution is 5.72. The van der Waals surface area contributed by atoms with E-state index >= 15 is 0 Å². The third-order valence-electron chi connectivity index (χ3n) is 7.14. The van der Waals surface area contributed by atoms with Crippen LogP contribution in [0, 0.1) is 47.3 Å². The predicted octanol–water partition coefficient (Wildman–Crippen LogP) is 4.14. The second-order valence-corrected chi connectivity index (χ2v) is 7.60. The molecule has 0 aliphatic heterocycles. The molecule has 3 rings (SSSR count). The molecule has 0 radical (unpaired) electrons. The van der Waals surface area contributed by atoms with Gasteiger partial charge in [0.15, 0.2) is 0 Å². The third-order valence-corrected chi connectivity index (χ3v) is 7.14. The molecule has 3 aliphatic carbocycles. The number of esters is 1. The van der Waals surface area contributed by atoms with Crippen LogP contribution < -0.4 is 0 Å². The molecule has 2 heteroatoms. The Kier molecular flexibility index (Phi) is 3.85. The quantitative estimate of drug-likeness (QED) is 0.722. The van der Waals surface area contributed by atoms with Gasteiger partial charge in [0.25, 0.3) is 0 Å². The topological polar surface area (TPSA) is 26.3 Å². The summed E-state index contributed by atoms with van der Waals surface area (Å²) in [6.45, 7) is 6.84. The van der Waals surface area contributed by atoms with Crippen molar-refractivity contribution < 1.29 is 9.53 Å². The monoisotopic (exact) mass is 278 g/mol. The Morgan fingerprint density at radius 1 is 1.10 bits per heavy atom. The van der Waals surface area contributed by atoms with Crippen LogP contribution in [0.4, 0.5) is 0 Å². The summed E-state index contributed by atoms with van der Waals surface area (Å²) in [6, 6.07) is 0. The zero-order chi connectivity index (χ0) is 14.4. The molecule has 2 nitrogen and oxygen atoms in total. The second-order valence-electron chi connectivity index (χ2n) is 7.60. The van der Waals surface area contributed by atoms with Crippen molar-refractivity contribution in [1.29, 1.82) is 0 Å². The van der Waals surface area contributed by atoms with Gasteiger partial charge in [0, 0.05) is 0 Å². The van der Waals surface area contributed by atoms with Crippen molar-refractivity contribution in [1.82, 2.24) is 0 Å². The average molecular weight is 278 g/mol. The Bertz CT molecular complexity index is 378. The fourth-order valence-corrected chi connectivity index (χ4v) is 6.38. The molecule has 3 fully saturated rings. The maximum atomic E-state index is 11.9. The third kappa shape index (κ3) is 1.94. The van der Waals surface area contributed by atoms with Crippen molar-refractivity contribution in [2.75, 3.05) is 7.11 Å². The molecule has 8 unspecified atom stereocenters. The SMILES string of the molecule is CCC1CC(CC)C2C3CC(CC3C(C)C(=O)OC)C12. The molecule has 0 aromatic heterocycles. The molecule has 0 aromatic rings. The molecule has 0 amide bonds. The summed E-state index contributed by atoms with van der Waals surface area (Å²) in [7, 11) is 1.53. The first-order valence-corrected chi connectivity index (χ1v) is 8.70. The summed E-state index contributed by atoms with van der Waals surface area (Å²) >= 11 is 0. The molecule has 114 valence electrons. The van der Waals surface area contributed by atoms with E-state index < -0.39 is 0 Å². The van der Waals surface area contributed by atoms with Crippen LogP contribution in [-0.4, -0.2) is 13.1 Å². The number of fused-ring (bicyclic) bond motifs is 5. The van der Waals surface area contributed by atoms with E-state index in [2.05, 4.69) is 20.8 Å². The van der Waals surface area contributed by atoms with Gasteiger partial charge in [-0.2, -0.15) is 0 Å². The largest absolute Gasteiger partial charge is 0.469 e. The van der Waals surface area contributed by atoms with Gasteiger partial charge in [-0.05, 0) is 60.7 Å². The highest BCUT2D eigenvalue weighted by atomic mass is 16.5. The van der Waals surface area contributed by atoms with Crippen molar-refractivity contribution in [3.8, 4) is 0 Å². The first-order chi connectivity index (χ1) is 9.62. The Balaban J connectivity index is 1.79. The van der Waals surface area contributed by atoms with Crippen LogP contribution in [0.5, 0.6) is 0 Å². The van der Waals surface area contributed by atoms with Crippen molar-refractivity contribution in [3.05, 3.63) is 0 Å². The summed E-state index contributed by atoms with van der Waals surface area (Å²) in [5, 5.41) is 0. The maximum absolute atomic E-state index is 11.9. The van der Waals surface area contributed by atoms with E-state index in [0.29, 0.717) is 5.92 Å². The summed E-state index contributed by atoms with van der Waals surface area (Å²) in [5.41, 5.74) is 0. The zero-order valence-corrected chi connectivity index (χ0v) is 13.5. The van der Waals surface area contributed by atoms with E-state index in [1.165, 1.54) is 39.2 Å². The van der Waals surface area contributed by atoms with Crippen molar-refractivity contribution in [2.24, 2.45) is 47.3 Å². The minimum Gasteiger partial charge on any atom is -0.469 e. The van der Waals surface area contributed by atoms with Gasteiger partial charge in [0.05, 0.1) is 13.0 Å². The number of methoxy groups -OCH3 is 1. The molecular formula is C18H30O2. The van der Waals surface area contributed by atoms with Crippen molar-refractivity contribution in [3.63, 3.8) is 0 Å². The van der Waals surface area contributed by atoms with Crippen LogP contribution in [0.2, 0.25) is 0 Å². The molecule has 0 saturated heterocycles. The molecule has 20 heavy (non-hydrogen) atoms. The number of rotatable bonds is 4. The van der Waals surface area contributed by atoms with Crippen LogP contribution in [-0.2, 0) is 9.53 Å². The van der Waals surface area contributed by atoms with Crippen LogP contribution in [0.3, 0.4) is 0 Å². The minimum absolute atomic E-state index is 0.0113. The molecule has 0 aromatic carbocycles. The van der Waals surface area contributed by atoms with E-state index in [0.717, 1.165) is 35.5 Å². The highest BCUT2D eigenvalue weighted by Crippen LogP contribution is 2.66. The average Bonchev–Trinajstić information content (AvgIpc) is 3.14. The molecular weight excluding hydrogens is 248 g/mol. The van der Waals surface area contributed by atoms with E-state index in [9.17, 15) is 4.79 Å². The van der Waals surface area contributed by atoms with Gasteiger partial charge in [-0.3, -0.25) is 4.79 Å². The van der Waals surface area contributed by atoms with Crippen LogP contribution in [0.15, 0.2) is 0 Å². The Labute approximate surface area is 123 Å². The zero-order valence-electron chi connectivity index (χ0n) is 13.5. The van der Waals surface area contributed by atoms with Crippen LogP contribution in [0.1, 0.15) is 52.9 Å². The van der Waals surface area contributed by atoms with Gasteiger partial charge < -0.3 is 4.74 Å². The van der Waals surface area contributed by atoms with Gasteiger partial charge >= 0.3 is 5.97 Å².